The van der Waals surface area contributed by atoms with E-state index < -0.39 is 5.82 Å². The van der Waals surface area contributed by atoms with E-state index in [9.17, 15) is 4.39 Å². The summed E-state index contributed by atoms with van der Waals surface area (Å²) in [5, 5.41) is 19.0. The number of benzene rings is 1. The lowest BCUT2D eigenvalue weighted by Gasteiger charge is -2.37. The SMILES string of the molecule is COc1nc2c(Nc3cc(F)c4nn(C)cc4c3)n[nH]c2cc1N1C[C@@H](C)N[C@@H](C)C1. The molecular weight excluding hydrogens is 399 g/mol. The van der Waals surface area contributed by atoms with Crippen LogP contribution in [0.3, 0.4) is 0 Å². The van der Waals surface area contributed by atoms with Crippen molar-refractivity contribution in [1.82, 2.24) is 30.3 Å². The van der Waals surface area contributed by atoms with E-state index in [1.54, 1.807) is 25.0 Å². The zero-order valence-corrected chi connectivity index (χ0v) is 17.9. The number of hydrogen-bond donors (Lipinski definition) is 3. The number of aromatic nitrogens is 5. The molecule has 3 N–H and O–H groups in total. The number of ether oxygens (including phenoxy) is 1. The third-order valence-electron chi connectivity index (χ3n) is 5.51. The Morgan fingerprint density at radius 3 is 2.68 bits per heavy atom. The summed E-state index contributed by atoms with van der Waals surface area (Å²) in [6, 6.07) is 5.97. The smallest absolute Gasteiger partial charge is 0.238 e. The fourth-order valence-corrected chi connectivity index (χ4v) is 4.33. The molecule has 0 saturated carbocycles. The van der Waals surface area contributed by atoms with Gasteiger partial charge in [0.1, 0.15) is 16.7 Å². The van der Waals surface area contributed by atoms with Crippen LogP contribution in [-0.4, -0.2) is 57.2 Å². The molecule has 1 aliphatic rings. The molecule has 1 aliphatic heterocycles. The molecule has 0 radical (unpaired) electrons. The van der Waals surface area contributed by atoms with Gasteiger partial charge in [0.15, 0.2) is 11.6 Å². The number of anilines is 3. The van der Waals surface area contributed by atoms with Crippen molar-refractivity contribution in [2.45, 2.75) is 25.9 Å². The molecule has 0 unspecified atom stereocenters. The molecule has 0 spiro atoms. The maximum absolute atomic E-state index is 14.5. The number of pyridine rings is 1. The quantitative estimate of drug-likeness (QED) is 0.464. The van der Waals surface area contributed by atoms with Gasteiger partial charge in [-0.25, -0.2) is 9.37 Å². The van der Waals surface area contributed by atoms with Crippen LogP contribution in [0.2, 0.25) is 0 Å². The first-order chi connectivity index (χ1) is 14.9. The lowest BCUT2D eigenvalue weighted by Crippen LogP contribution is -2.54. The van der Waals surface area contributed by atoms with E-state index in [1.165, 1.54) is 6.07 Å². The number of methoxy groups -OCH3 is 1. The van der Waals surface area contributed by atoms with Crippen LogP contribution in [0, 0.1) is 5.82 Å². The van der Waals surface area contributed by atoms with Crippen molar-refractivity contribution in [1.29, 1.82) is 0 Å². The van der Waals surface area contributed by atoms with Crippen LogP contribution in [0.5, 0.6) is 5.88 Å². The minimum atomic E-state index is -0.393. The molecule has 1 saturated heterocycles. The fourth-order valence-electron chi connectivity index (χ4n) is 4.33. The van der Waals surface area contributed by atoms with Crippen molar-refractivity contribution in [3.8, 4) is 5.88 Å². The molecule has 9 nitrogen and oxygen atoms in total. The van der Waals surface area contributed by atoms with Crippen LogP contribution in [0.15, 0.2) is 24.4 Å². The Balaban J connectivity index is 1.51. The number of hydrogen-bond acceptors (Lipinski definition) is 7. The number of rotatable bonds is 4. The molecule has 10 heteroatoms. The minimum Gasteiger partial charge on any atom is -0.480 e. The number of halogens is 1. The van der Waals surface area contributed by atoms with Crippen LogP contribution < -0.4 is 20.3 Å². The highest BCUT2D eigenvalue weighted by Crippen LogP contribution is 2.34. The van der Waals surface area contributed by atoms with Crippen LogP contribution in [0.4, 0.5) is 21.6 Å². The van der Waals surface area contributed by atoms with E-state index >= 15 is 0 Å². The topological polar surface area (TPSA) is 95.9 Å². The zero-order chi connectivity index (χ0) is 21.7. The van der Waals surface area contributed by atoms with Gasteiger partial charge in [-0.1, -0.05) is 0 Å². The number of fused-ring (bicyclic) bond motifs is 2. The van der Waals surface area contributed by atoms with Gasteiger partial charge < -0.3 is 20.3 Å². The van der Waals surface area contributed by atoms with Gasteiger partial charge in [0, 0.05) is 49.5 Å². The van der Waals surface area contributed by atoms with Gasteiger partial charge in [-0.3, -0.25) is 9.78 Å². The summed E-state index contributed by atoms with van der Waals surface area (Å²) in [5.41, 5.74) is 3.24. The van der Waals surface area contributed by atoms with Crippen LogP contribution in [0.25, 0.3) is 21.9 Å². The van der Waals surface area contributed by atoms with Crippen molar-refractivity contribution in [3.05, 3.63) is 30.2 Å². The number of H-pyrrole nitrogens is 1. The van der Waals surface area contributed by atoms with E-state index in [-0.39, 0.29) is 0 Å². The van der Waals surface area contributed by atoms with Gasteiger partial charge in [0.05, 0.1) is 12.6 Å². The highest BCUT2D eigenvalue weighted by molar-refractivity contribution is 5.92. The second-order valence-electron chi connectivity index (χ2n) is 8.18. The third-order valence-corrected chi connectivity index (χ3v) is 5.51. The summed E-state index contributed by atoms with van der Waals surface area (Å²) in [6.45, 7) is 6.05. The van der Waals surface area contributed by atoms with E-state index in [4.69, 9.17) is 9.72 Å². The monoisotopic (exact) mass is 424 g/mol. The Kier molecular flexibility index (Phi) is 4.66. The molecule has 5 rings (SSSR count). The Hall–Kier alpha value is -3.40. The second-order valence-corrected chi connectivity index (χ2v) is 8.18. The van der Waals surface area contributed by atoms with Crippen molar-refractivity contribution in [2.75, 3.05) is 30.4 Å². The first-order valence-electron chi connectivity index (χ1n) is 10.3. The summed E-state index contributed by atoms with van der Waals surface area (Å²) in [5.74, 6) is 0.645. The fraction of sp³-hybridized carbons (Fsp3) is 0.381. The van der Waals surface area contributed by atoms with Crippen LogP contribution in [-0.2, 0) is 7.05 Å². The lowest BCUT2D eigenvalue weighted by molar-refractivity contribution is 0.383. The molecule has 1 fully saturated rings. The first-order valence-corrected chi connectivity index (χ1v) is 10.3. The molecule has 162 valence electrons. The largest absolute Gasteiger partial charge is 0.480 e. The molecule has 4 aromatic rings. The Morgan fingerprint density at radius 1 is 1.16 bits per heavy atom. The van der Waals surface area contributed by atoms with Gasteiger partial charge in [0.25, 0.3) is 0 Å². The average molecular weight is 424 g/mol. The van der Waals surface area contributed by atoms with Crippen LogP contribution >= 0.6 is 0 Å². The standard InChI is InChI=1S/C21H25FN8O/c1-11-8-30(9-12(2)23-11)17-7-16-19(25-21(17)31-4)20(27-26-16)24-14-5-13-10-29(3)28-18(13)15(22)6-14/h5-7,10-12,23H,8-9H2,1-4H3,(H2,24,26,27)/t11-,12+. The summed E-state index contributed by atoms with van der Waals surface area (Å²) in [6.07, 6.45) is 1.77. The van der Waals surface area contributed by atoms with E-state index in [0.29, 0.717) is 45.9 Å². The molecule has 31 heavy (non-hydrogen) atoms. The minimum absolute atomic E-state index is 0.337. The lowest BCUT2D eigenvalue weighted by atomic mass is 10.1. The molecule has 0 amide bonds. The van der Waals surface area contributed by atoms with E-state index in [1.807, 2.05) is 12.1 Å². The van der Waals surface area contributed by atoms with Gasteiger partial charge in [0.2, 0.25) is 5.88 Å². The maximum atomic E-state index is 14.5. The highest BCUT2D eigenvalue weighted by Gasteiger charge is 2.25. The number of nitrogens with zero attached hydrogens (tertiary/aromatic N) is 5. The van der Waals surface area contributed by atoms with Crippen molar-refractivity contribution < 1.29 is 9.13 Å². The number of aryl methyl sites for hydroxylation is 1. The third kappa shape index (κ3) is 3.52. The predicted molar refractivity (Wildman–Crippen MR) is 119 cm³/mol. The molecular formula is C21H25FN8O. The molecule has 4 heterocycles. The predicted octanol–water partition coefficient (Wildman–Crippen LogP) is 2.92. The second kappa shape index (κ2) is 7.38. The van der Waals surface area contributed by atoms with Crippen LogP contribution in [0.1, 0.15) is 13.8 Å². The Morgan fingerprint density at radius 2 is 1.94 bits per heavy atom. The first kappa shape index (κ1) is 19.6. The molecule has 2 atom stereocenters. The number of piperazine rings is 1. The van der Waals surface area contributed by atoms with Gasteiger partial charge in [-0.15, -0.1) is 0 Å². The summed E-state index contributed by atoms with van der Waals surface area (Å²) >= 11 is 0. The molecule has 3 aromatic heterocycles. The zero-order valence-electron chi connectivity index (χ0n) is 17.9. The number of nitrogens with one attached hydrogen (secondary N) is 3. The van der Waals surface area contributed by atoms with Gasteiger partial charge >= 0.3 is 0 Å². The molecule has 0 aliphatic carbocycles. The molecule has 1 aromatic carbocycles. The van der Waals surface area contributed by atoms with E-state index in [0.717, 1.165) is 24.3 Å². The van der Waals surface area contributed by atoms with Gasteiger partial charge in [-0.2, -0.15) is 10.2 Å². The Labute approximate surface area is 178 Å². The highest BCUT2D eigenvalue weighted by atomic mass is 19.1. The summed E-state index contributed by atoms with van der Waals surface area (Å²) in [4.78, 5) is 6.99. The van der Waals surface area contributed by atoms with Gasteiger partial charge in [-0.05, 0) is 32.0 Å². The Bertz CT molecular complexity index is 1260. The maximum Gasteiger partial charge on any atom is 0.238 e. The molecule has 0 bridgehead atoms. The van der Waals surface area contributed by atoms with Crippen molar-refractivity contribution in [2.24, 2.45) is 7.05 Å². The number of aromatic amines is 1. The summed E-state index contributed by atoms with van der Waals surface area (Å²) in [7, 11) is 3.38. The normalized spacial score (nSPS) is 19.3. The summed E-state index contributed by atoms with van der Waals surface area (Å²) < 4.78 is 21.7. The van der Waals surface area contributed by atoms with Crippen molar-refractivity contribution in [3.63, 3.8) is 0 Å². The van der Waals surface area contributed by atoms with E-state index in [2.05, 4.69) is 44.7 Å². The van der Waals surface area contributed by atoms with Crippen molar-refractivity contribution >= 4 is 39.1 Å². The average Bonchev–Trinajstić information content (AvgIpc) is 3.29.